The zero-order chi connectivity index (χ0) is 9.97. The molecular weight excluding hydrogens is 174 g/mol. The largest absolute Gasteiger partial charge is 0.381 e. The molecule has 82 valence electrons. The molecule has 2 nitrogen and oxygen atoms in total. The maximum Gasteiger partial charge on any atom is 0.0506 e. The lowest BCUT2D eigenvalue weighted by atomic mass is 9.96. The van der Waals surface area contributed by atoms with E-state index < -0.39 is 0 Å². The molecule has 2 fully saturated rings. The lowest BCUT2D eigenvalue weighted by Gasteiger charge is -2.32. The molecule has 1 saturated carbocycles. The minimum Gasteiger partial charge on any atom is -0.381 e. The van der Waals surface area contributed by atoms with E-state index in [0.717, 1.165) is 25.2 Å². The summed E-state index contributed by atoms with van der Waals surface area (Å²) in [6.45, 7) is 6.56. The van der Waals surface area contributed by atoms with Crippen molar-refractivity contribution < 1.29 is 4.74 Å². The van der Waals surface area contributed by atoms with Crippen LogP contribution in [0.2, 0.25) is 0 Å². The predicted octanol–water partition coefficient (Wildman–Crippen LogP) is 2.19. The van der Waals surface area contributed by atoms with Crippen molar-refractivity contribution in [2.24, 2.45) is 11.8 Å². The van der Waals surface area contributed by atoms with Crippen molar-refractivity contribution in [2.75, 3.05) is 13.2 Å². The number of nitrogens with one attached hydrogen (secondary N) is 1. The van der Waals surface area contributed by atoms with E-state index in [9.17, 15) is 0 Å². The lowest BCUT2D eigenvalue weighted by molar-refractivity contribution is 0.0359. The van der Waals surface area contributed by atoms with Crippen LogP contribution in [0.1, 0.15) is 39.5 Å². The van der Waals surface area contributed by atoms with Crippen LogP contribution in [-0.4, -0.2) is 25.3 Å². The van der Waals surface area contributed by atoms with E-state index in [0.29, 0.717) is 12.0 Å². The highest BCUT2D eigenvalue weighted by atomic mass is 16.5. The summed E-state index contributed by atoms with van der Waals surface area (Å²) < 4.78 is 5.46. The second kappa shape index (κ2) is 4.63. The summed E-state index contributed by atoms with van der Waals surface area (Å²) in [6, 6.07) is 1.50. The first kappa shape index (κ1) is 10.4. The Morgan fingerprint density at radius 2 is 2.00 bits per heavy atom. The Balaban J connectivity index is 1.78. The number of hydrogen-bond donors (Lipinski definition) is 1. The molecule has 4 atom stereocenters. The molecule has 1 heterocycles. The van der Waals surface area contributed by atoms with E-state index in [4.69, 9.17) is 4.74 Å². The predicted molar refractivity (Wildman–Crippen MR) is 58.3 cm³/mol. The molecule has 1 aliphatic heterocycles. The normalized spacial score (nSPS) is 44.1. The molecular formula is C12H23NO. The summed E-state index contributed by atoms with van der Waals surface area (Å²) in [5.74, 6) is 1.63. The van der Waals surface area contributed by atoms with Crippen molar-refractivity contribution in [2.45, 2.75) is 51.6 Å². The zero-order valence-corrected chi connectivity index (χ0v) is 9.46. The molecule has 2 heteroatoms. The summed E-state index contributed by atoms with van der Waals surface area (Å²) in [5, 5.41) is 3.82. The Kier molecular flexibility index (Phi) is 3.45. The van der Waals surface area contributed by atoms with Crippen LogP contribution in [0.3, 0.4) is 0 Å². The van der Waals surface area contributed by atoms with Crippen molar-refractivity contribution in [3.05, 3.63) is 0 Å². The average molecular weight is 197 g/mol. The van der Waals surface area contributed by atoms with E-state index in [1.165, 1.54) is 25.7 Å². The van der Waals surface area contributed by atoms with Gasteiger partial charge in [-0.2, -0.15) is 0 Å². The third kappa shape index (κ3) is 2.48. The number of ether oxygens (including phenoxy) is 1. The highest BCUT2D eigenvalue weighted by Crippen LogP contribution is 2.26. The molecule has 0 radical (unpaired) electrons. The van der Waals surface area contributed by atoms with Crippen LogP contribution < -0.4 is 5.32 Å². The second-order valence-corrected chi connectivity index (χ2v) is 5.23. The van der Waals surface area contributed by atoms with Crippen LogP contribution in [0, 0.1) is 11.8 Å². The fourth-order valence-electron chi connectivity index (χ4n) is 2.79. The van der Waals surface area contributed by atoms with Crippen LogP contribution in [0.4, 0.5) is 0 Å². The van der Waals surface area contributed by atoms with Crippen LogP contribution in [-0.2, 0) is 4.74 Å². The molecule has 2 rings (SSSR count). The molecule has 14 heavy (non-hydrogen) atoms. The monoisotopic (exact) mass is 197 g/mol. The molecule has 1 saturated heterocycles. The highest BCUT2D eigenvalue weighted by Gasteiger charge is 2.27. The molecule has 2 aliphatic rings. The van der Waals surface area contributed by atoms with E-state index in [1.807, 2.05) is 0 Å². The molecule has 3 unspecified atom stereocenters. The standard InChI is InChI=1S/C12H23NO/c1-9-3-4-11(7-9)13-12-5-6-14-8-10(12)2/h9-13H,3-8H2,1-2H3/t9-,10?,11?,12?/m0/s1. The van der Waals surface area contributed by atoms with Gasteiger partial charge in [-0.3, -0.25) is 0 Å². The SMILES string of the molecule is CC1COCCC1NC1CC[C@H](C)C1. The Bertz CT molecular complexity index is 183. The van der Waals surface area contributed by atoms with Gasteiger partial charge in [-0.25, -0.2) is 0 Å². The molecule has 0 bridgehead atoms. The Morgan fingerprint density at radius 1 is 1.14 bits per heavy atom. The van der Waals surface area contributed by atoms with Gasteiger partial charge in [0.05, 0.1) is 6.61 Å². The smallest absolute Gasteiger partial charge is 0.0506 e. The van der Waals surface area contributed by atoms with E-state index >= 15 is 0 Å². The summed E-state index contributed by atoms with van der Waals surface area (Å²) in [6.07, 6.45) is 5.37. The zero-order valence-electron chi connectivity index (χ0n) is 9.46. The van der Waals surface area contributed by atoms with Gasteiger partial charge in [-0.15, -0.1) is 0 Å². The van der Waals surface area contributed by atoms with Crippen molar-refractivity contribution in [3.8, 4) is 0 Å². The Hall–Kier alpha value is -0.0800. The van der Waals surface area contributed by atoms with E-state index in [1.54, 1.807) is 0 Å². The van der Waals surface area contributed by atoms with Gasteiger partial charge >= 0.3 is 0 Å². The molecule has 0 aromatic heterocycles. The molecule has 0 aromatic carbocycles. The van der Waals surface area contributed by atoms with E-state index in [-0.39, 0.29) is 0 Å². The Labute approximate surface area is 87.4 Å². The van der Waals surface area contributed by atoms with Gasteiger partial charge in [-0.05, 0) is 37.5 Å². The third-order valence-electron chi connectivity index (χ3n) is 3.79. The maximum atomic E-state index is 5.46. The van der Waals surface area contributed by atoms with Gasteiger partial charge in [0, 0.05) is 18.7 Å². The van der Waals surface area contributed by atoms with Crippen LogP contribution in [0.15, 0.2) is 0 Å². The van der Waals surface area contributed by atoms with Gasteiger partial charge in [0.25, 0.3) is 0 Å². The van der Waals surface area contributed by atoms with Gasteiger partial charge < -0.3 is 10.1 Å². The summed E-state index contributed by atoms with van der Waals surface area (Å²) in [5.41, 5.74) is 0. The highest BCUT2D eigenvalue weighted by molar-refractivity contribution is 4.85. The summed E-state index contributed by atoms with van der Waals surface area (Å²) in [7, 11) is 0. The second-order valence-electron chi connectivity index (χ2n) is 5.23. The Morgan fingerprint density at radius 3 is 2.64 bits per heavy atom. The van der Waals surface area contributed by atoms with Crippen molar-refractivity contribution in [3.63, 3.8) is 0 Å². The van der Waals surface area contributed by atoms with E-state index in [2.05, 4.69) is 19.2 Å². The lowest BCUT2D eigenvalue weighted by Crippen LogP contribution is -2.45. The van der Waals surface area contributed by atoms with Crippen molar-refractivity contribution >= 4 is 0 Å². The summed E-state index contributed by atoms with van der Waals surface area (Å²) >= 11 is 0. The van der Waals surface area contributed by atoms with Crippen LogP contribution >= 0.6 is 0 Å². The number of hydrogen-bond acceptors (Lipinski definition) is 2. The van der Waals surface area contributed by atoms with Gasteiger partial charge in [0.2, 0.25) is 0 Å². The number of rotatable bonds is 2. The van der Waals surface area contributed by atoms with Gasteiger partial charge in [-0.1, -0.05) is 13.8 Å². The first-order valence-electron chi connectivity index (χ1n) is 6.09. The fraction of sp³-hybridized carbons (Fsp3) is 1.00. The fourth-order valence-corrected chi connectivity index (χ4v) is 2.79. The van der Waals surface area contributed by atoms with Crippen molar-refractivity contribution in [1.29, 1.82) is 0 Å². The van der Waals surface area contributed by atoms with Gasteiger partial charge in [0.15, 0.2) is 0 Å². The molecule has 0 spiro atoms. The quantitative estimate of drug-likeness (QED) is 0.732. The minimum absolute atomic E-state index is 0.694. The molecule has 0 amide bonds. The third-order valence-corrected chi connectivity index (χ3v) is 3.79. The first-order valence-corrected chi connectivity index (χ1v) is 6.09. The minimum atomic E-state index is 0.694. The molecule has 0 aromatic rings. The topological polar surface area (TPSA) is 21.3 Å². The first-order chi connectivity index (χ1) is 6.75. The van der Waals surface area contributed by atoms with Crippen LogP contribution in [0.25, 0.3) is 0 Å². The molecule has 1 N–H and O–H groups in total. The van der Waals surface area contributed by atoms with Crippen LogP contribution in [0.5, 0.6) is 0 Å². The van der Waals surface area contributed by atoms with Crippen molar-refractivity contribution in [1.82, 2.24) is 5.32 Å². The maximum absolute atomic E-state index is 5.46. The van der Waals surface area contributed by atoms with Gasteiger partial charge in [0.1, 0.15) is 0 Å². The molecule has 1 aliphatic carbocycles. The summed E-state index contributed by atoms with van der Waals surface area (Å²) in [4.78, 5) is 0. The average Bonchev–Trinajstić information content (AvgIpc) is 2.56.